The maximum atomic E-state index is 13.0. The highest BCUT2D eigenvalue weighted by Crippen LogP contribution is 2.26. The predicted molar refractivity (Wildman–Crippen MR) is 205 cm³/mol. The molecule has 1 rings (SSSR count). The summed E-state index contributed by atoms with van der Waals surface area (Å²) in [5.74, 6) is -0.715. The minimum absolute atomic E-state index is 0.236. The van der Waals surface area contributed by atoms with Crippen molar-refractivity contribution in [1.29, 1.82) is 0 Å². The monoisotopic (exact) mass is 777 g/mol. The number of aliphatic hydroxyl groups excluding tert-OH is 5. The molecule has 1 heterocycles. The molecule has 1 aliphatic heterocycles. The predicted octanol–water partition coefficient (Wildman–Crippen LogP) is 5.35. The number of amides is 1. The third-order valence-electron chi connectivity index (χ3n) is 9.30. The van der Waals surface area contributed by atoms with E-state index in [4.69, 9.17) is 14.0 Å². The first-order valence-corrected chi connectivity index (χ1v) is 21.4. The molecule has 8 atom stereocenters. The van der Waals surface area contributed by atoms with Crippen LogP contribution in [0, 0.1) is 0 Å². The summed E-state index contributed by atoms with van der Waals surface area (Å²) in [6.45, 7) is 3.05. The van der Waals surface area contributed by atoms with Crippen molar-refractivity contribution in [3.8, 4) is 0 Å². The second-order valence-corrected chi connectivity index (χ2v) is 15.1. The molecule has 13 nitrogen and oxygen atoms in total. The van der Waals surface area contributed by atoms with E-state index in [1.54, 1.807) is 6.08 Å². The number of nitrogens with one attached hydrogen (secondary N) is 1. The highest BCUT2D eigenvalue weighted by atomic mass is 32.3. The molecule has 1 aliphatic rings. The molecule has 0 saturated carbocycles. The summed E-state index contributed by atoms with van der Waals surface area (Å²) in [6, 6.07) is -1.12. The topological polar surface area (TPSA) is 212 Å². The van der Waals surface area contributed by atoms with Crippen molar-refractivity contribution in [1.82, 2.24) is 5.32 Å². The molecule has 53 heavy (non-hydrogen) atoms. The standard InChI is InChI=1S/C39H71NO12S/c1-3-5-7-9-11-12-13-14-15-16-17-18-19-20-21-22-24-26-28-33(43)38(46)40-31(32(42)27-25-23-10-8-6-4-2)30-50-39-36(45)37(52-53(47,48)49)35(44)34(29-41)51-39/h11-14,25,27,31-37,39,41-45H,3-10,15-24,26,28-30H2,1-2H3,(H,40,46)(H,47,48,49)/b12-11-,14-13-,27-25+. The Hall–Kier alpha value is -1.72. The molecule has 14 heteroatoms. The van der Waals surface area contributed by atoms with Crippen molar-refractivity contribution in [2.45, 2.75) is 191 Å². The molecule has 0 spiro atoms. The van der Waals surface area contributed by atoms with Crippen molar-refractivity contribution >= 4 is 16.3 Å². The maximum absolute atomic E-state index is 13.0. The number of carbonyl (C=O) groups is 1. The van der Waals surface area contributed by atoms with Crippen LogP contribution in [0.4, 0.5) is 0 Å². The largest absolute Gasteiger partial charge is 0.397 e. The van der Waals surface area contributed by atoms with E-state index in [0.717, 1.165) is 64.2 Å². The van der Waals surface area contributed by atoms with Gasteiger partial charge in [0.15, 0.2) is 6.29 Å². The lowest BCUT2D eigenvalue weighted by Gasteiger charge is -2.41. The average molecular weight is 778 g/mol. The minimum Gasteiger partial charge on any atom is -0.394 e. The quantitative estimate of drug-likeness (QED) is 0.0200. The number of aliphatic hydroxyl groups is 5. The molecule has 1 fully saturated rings. The second kappa shape index (κ2) is 30.5. The van der Waals surface area contributed by atoms with Gasteiger partial charge in [-0.25, -0.2) is 4.18 Å². The van der Waals surface area contributed by atoms with E-state index < -0.39 is 78.5 Å². The summed E-state index contributed by atoms with van der Waals surface area (Å²) in [5.41, 5.74) is 0. The van der Waals surface area contributed by atoms with Gasteiger partial charge in [-0.05, 0) is 44.9 Å². The van der Waals surface area contributed by atoms with Crippen molar-refractivity contribution < 1.29 is 57.0 Å². The molecular weight excluding hydrogens is 706 g/mol. The van der Waals surface area contributed by atoms with Crippen LogP contribution in [0.25, 0.3) is 0 Å². The lowest BCUT2D eigenvalue weighted by atomic mass is 9.99. The number of ether oxygens (including phenoxy) is 2. The Morgan fingerprint density at radius 2 is 1.28 bits per heavy atom. The van der Waals surface area contributed by atoms with Crippen LogP contribution in [-0.4, -0.2) is 107 Å². The van der Waals surface area contributed by atoms with Gasteiger partial charge in [-0.1, -0.05) is 134 Å². The summed E-state index contributed by atoms with van der Waals surface area (Å²) >= 11 is 0. The van der Waals surface area contributed by atoms with E-state index in [0.29, 0.717) is 12.8 Å². The van der Waals surface area contributed by atoms with Gasteiger partial charge in [0.2, 0.25) is 5.91 Å². The SMILES string of the molecule is CCCCC/C=C\C=C/CCCCCCCCCCCC(O)C(=O)NC(COC1OC(CO)C(O)C(OS(=O)(=O)O)C1O)C(O)/C=C/CCCCCC. The first-order chi connectivity index (χ1) is 25.4. The van der Waals surface area contributed by atoms with Crippen molar-refractivity contribution in [3.05, 3.63) is 36.5 Å². The third-order valence-corrected chi connectivity index (χ3v) is 9.77. The fourth-order valence-electron chi connectivity index (χ4n) is 6.04. The molecule has 7 N–H and O–H groups in total. The molecule has 0 radical (unpaired) electrons. The van der Waals surface area contributed by atoms with Gasteiger partial charge in [-0.15, -0.1) is 0 Å². The van der Waals surface area contributed by atoms with Crippen molar-refractivity contribution in [2.75, 3.05) is 13.2 Å². The van der Waals surface area contributed by atoms with Crippen LogP contribution in [0.2, 0.25) is 0 Å². The van der Waals surface area contributed by atoms with E-state index in [1.165, 1.54) is 51.0 Å². The fourth-order valence-corrected chi connectivity index (χ4v) is 6.55. The summed E-state index contributed by atoms with van der Waals surface area (Å²) < 4.78 is 47.1. The molecule has 0 aromatic heterocycles. The second-order valence-electron chi connectivity index (χ2n) is 14.0. The summed E-state index contributed by atoms with van der Waals surface area (Å²) in [7, 11) is -5.11. The number of hydrogen-bond acceptors (Lipinski definition) is 11. The molecular formula is C39H71NO12S. The Bertz CT molecular complexity index is 1120. The zero-order valence-corrected chi connectivity index (χ0v) is 33.0. The summed E-state index contributed by atoms with van der Waals surface area (Å²) in [5, 5.41) is 54.6. The lowest BCUT2D eigenvalue weighted by Crippen LogP contribution is -2.61. The van der Waals surface area contributed by atoms with Crippen LogP contribution >= 0.6 is 0 Å². The lowest BCUT2D eigenvalue weighted by molar-refractivity contribution is -0.298. The van der Waals surface area contributed by atoms with Crippen LogP contribution in [0.3, 0.4) is 0 Å². The van der Waals surface area contributed by atoms with Crippen LogP contribution in [0.5, 0.6) is 0 Å². The number of unbranched alkanes of at least 4 members (excludes halogenated alkanes) is 16. The number of rotatable bonds is 32. The van der Waals surface area contributed by atoms with Crippen LogP contribution < -0.4 is 5.32 Å². The van der Waals surface area contributed by atoms with Gasteiger partial charge in [0.25, 0.3) is 0 Å². The van der Waals surface area contributed by atoms with E-state index in [2.05, 4.69) is 47.7 Å². The third kappa shape index (κ3) is 23.7. The van der Waals surface area contributed by atoms with Crippen LogP contribution in [0.15, 0.2) is 36.5 Å². The molecule has 0 bridgehead atoms. The number of hydrogen-bond donors (Lipinski definition) is 7. The van der Waals surface area contributed by atoms with Gasteiger partial charge in [0.05, 0.1) is 25.4 Å². The summed E-state index contributed by atoms with van der Waals surface area (Å²) in [4.78, 5) is 13.0. The summed E-state index contributed by atoms with van der Waals surface area (Å²) in [6.07, 6.45) is 21.4. The van der Waals surface area contributed by atoms with E-state index in [1.807, 2.05) is 0 Å². The van der Waals surface area contributed by atoms with Gasteiger partial charge >= 0.3 is 10.4 Å². The molecule has 8 unspecified atom stereocenters. The first-order valence-electron chi connectivity index (χ1n) is 20.0. The van der Waals surface area contributed by atoms with E-state index >= 15 is 0 Å². The van der Waals surface area contributed by atoms with E-state index in [-0.39, 0.29) is 6.42 Å². The zero-order valence-electron chi connectivity index (χ0n) is 32.2. The van der Waals surface area contributed by atoms with Crippen LogP contribution in [-0.2, 0) is 28.9 Å². The Kier molecular flexibility index (Phi) is 28.4. The molecule has 1 saturated heterocycles. The molecule has 0 aliphatic carbocycles. The first kappa shape index (κ1) is 49.3. The normalized spacial score (nSPS) is 22.9. The van der Waals surface area contributed by atoms with Gasteiger partial charge in [-0.3, -0.25) is 9.35 Å². The number of allylic oxidation sites excluding steroid dienone is 5. The molecule has 1 amide bonds. The molecule has 310 valence electrons. The van der Waals surface area contributed by atoms with Crippen molar-refractivity contribution in [3.63, 3.8) is 0 Å². The Balaban J connectivity index is 2.53. The molecule has 0 aromatic rings. The Labute approximate surface area is 318 Å². The Morgan fingerprint density at radius 1 is 0.774 bits per heavy atom. The maximum Gasteiger partial charge on any atom is 0.397 e. The van der Waals surface area contributed by atoms with Gasteiger partial charge in [0.1, 0.15) is 30.5 Å². The molecule has 0 aromatic carbocycles. The highest BCUT2D eigenvalue weighted by molar-refractivity contribution is 7.80. The smallest absolute Gasteiger partial charge is 0.394 e. The average Bonchev–Trinajstić information content (AvgIpc) is 3.12. The van der Waals surface area contributed by atoms with Crippen molar-refractivity contribution in [2.24, 2.45) is 0 Å². The van der Waals surface area contributed by atoms with Gasteiger partial charge in [-0.2, -0.15) is 8.42 Å². The zero-order chi connectivity index (χ0) is 39.3. The van der Waals surface area contributed by atoms with E-state index in [9.17, 15) is 38.7 Å². The van der Waals surface area contributed by atoms with Crippen LogP contribution in [0.1, 0.15) is 142 Å². The Morgan fingerprint density at radius 3 is 1.85 bits per heavy atom. The minimum atomic E-state index is -5.11. The van der Waals surface area contributed by atoms with Gasteiger partial charge < -0.3 is 40.3 Å². The number of carbonyl (C=O) groups excluding carboxylic acids is 1. The fraction of sp³-hybridized carbons (Fsp3) is 0.821. The van der Waals surface area contributed by atoms with Gasteiger partial charge in [0, 0.05) is 0 Å². The highest BCUT2D eigenvalue weighted by Gasteiger charge is 2.48.